The first-order valence-electron chi connectivity index (χ1n) is 6.44. The number of aryl methyl sites for hydroxylation is 1. The van der Waals surface area contributed by atoms with Gasteiger partial charge < -0.3 is 5.32 Å². The van der Waals surface area contributed by atoms with Gasteiger partial charge in [0.25, 0.3) is 10.0 Å². The molecular weight excluding hydrogens is 276 g/mol. The maximum absolute atomic E-state index is 12.8. The zero-order valence-corrected chi connectivity index (χ0v) is 12.0. The molecule has 0 saturated heterocycles. The lowest BCUT2D eigenvalue weighted by Crippen LogP contribution is -2.33. The van der Waals surface area contributed by atoms with Crippen molar-refractivity contribution in [2.75, 3.05) is 22.7 Å². The Hall–Kier alpha value is -2.02. The van der Waals surface area contributed by atoms with E-state index >= 15 is 0 Å². The minimum absolute atomic E-state index is 0.203. The Balaban J connectivity index is 2.12. The number of hydrogen-bond acceptors (Lipinski definition) is 4. The van der Waals surface area contributed by atoms with Crippen molar-refractivity contribution in [1.29, 1.82) is 0 Å². The van der Waals surface area contributed by atoms with E-state index in [1.165, 1.54) is 21.3 Å². The second kappa shape index (κ2) is 4.82. The highest BCUT2D eigenvalue weighted by Crippen LogP contribution is 2.32. The maximum atomic E-state index is 12.8. The number of benzene rings is 1. The van der Waals surface area contributed by atoms with Crippen molar-refractivity contribution in [3.05, 3.63) is 36.5 Å². The van der Waals surface area contributed by atoms with Gasteiger partial charge in [-0.2, -0.15) is 13.5 Å². The van der Waals surface area contributed by atoms with Crippen LogP contribution < -0.4 is 9.62 Å². The van der Waals surface area contributed by atoms with Gasteiger partial charge in [0.1, 0.15) is 0 Å². The van der Waals surface area contributed by atoms with E-state index in [0.29, 0.717) is 12.2 Å². The van der Waals surface area contributed by atoms with Crippen LogP contribution in [0.3, 0.4) is 0 Å². The molecule has 20 heavy (non-hydrogen) atoms. The van der Waals surface area contributed by atoms with E-state index in [2.05, 4.69) is 10.4 Å². The zero-order chi connectivity index (χ0) is 14.2. The summed E-state index contributed by atoms with van der Waals surface area (Å²) in [6.45, 7) is 1.21. The summed E-state index contributed by atoms with van der Waals surface area (Å²) >= 11 is 0. The molecule has 7 heteroatoms. The number of fused-ring (bicyclic) bond motifs is 1. The third-order valence-corrected chi connectivity index (χ3v) is 5.24. The third kappa shape index (κ3) is 2.03. The Morgan fingerprint density at radius 2 is 2.05 bits per heavy atom. The third-order valence-electron chi connectivity index (χ3n) is 3.36. The molecule has 2 heterocycles. The summed E-state index contributed by atoms with van der Waals surface area (Å²) in [6.07, 6.45) is 2.25. The molecule has 0 saturated carbocycles. The number of nitrogens with zero attached hydrogens (tertiary/aromatic N) is 3. The van der Waals surface area contributed by atoms with Gasteiger partial charge in [-0.15, -0.1) is 0 Å². The van der Waals surface area contributed by atoms with Gasteiger partial charge in [0.05, 0.1) is 17.6 Å². The molecule has 1 aromatic heterocycles. The molecule has 1 aliphatic rings. The average molecular weight is 292 g/mol. The number of hydrogen-bond donors (Lipinski definition) is 1. The average Bonchev–Trinajstić information content (AvgIpc) is 2.75. The lowest BCUT2D eigenvalue weighted by atomic mass is 10.2. The summed E-state index contributed by atoms with van der Waals surface area (Å²) in [6, 6.07) is 8.98. The molecule has 3 rings (SSSR count). The minimum atomic E-state index is -3.59. The Labute approximate surface area is 118 Å². The van der Waals surface area contributed by atoms with E-state index in [4.69, 9.17) is 0 Å². The van der Waals surface area contributed by atoms with Crippen molar-refractivity contribution in [3.8, 4) is 0 Å². The monoisotopic (exact) mass is 292 g/mol. The highest BCUT2D eigenvalue weighted by atomic mass is 32.2. The fourth-order valence-corrected chi connectivity index (χ4v) is 4.01. The molecule has 0 atom stereocenters. The van der Waals surface area contributed by atoms with Crippen molar-refractivity contribution in [2.24, 2.45) is 7.05 Å². The number of anilines is 2. The molecule has 0 unspecified atom stereocenters. The summed E-state index contributed by atoms with van der Waals surface area (Å²) in [4.78, 5) is 0. The van der Waals surface area contributed by atoms with E-state index in [0.717, 1.165) is 18.7 Å². The van der Waals surface area contributed by atoms with Gasteiger partial charge in [0.15, 0.2) is 5.03 Å². The summed E-state index contributed by atoms with van der Waals surface area (Å²) in [7, 11) is -1.96. The Bertz CT molecular complexity index is 723. The van der Waals surface area contributed by atoms with Gasteiger partial charge in [-0.1, -0.05) is 12.1 Å². The standard InChI is InChI=1S/C13H16N4O2S/c1-16-13(7-9-15-16)20(18,19)17-10-4-8-14-11-5-2-3-6-12(11)17/h2-3,5-7,9,14H,4,8,10H2,1H3. The van der Waals surface area contributed by atoms with Gasteiger partial charge in [-0.3, -0.25) is 8.99 Å². The fourth-order valence-electron chi connectivity index (χ4n) is 2.38. The SMILES string of the molecule is Cn1nccc1S(=O)(=O)N1CCCNc2ccccc21. The first kappa shape index (κ1) is 13.0. The first-order chi connectivity index (χ1) is 9.60. The Morgan fingerprint density at radius 3 is 2.80 bits per heavy atom. The van der Waals surface area contributed by atoms with Crippen LogP contribution in [0.4, 0.5) is 11.4 Å². The van der Waals surface area contributed by atoms with Crippen LogP contribution >= 0.6 is 0 Å². The lowest BCUT2D eigenvalue weighted by Gasteiger charge is -2.23. The molecule has 1 N–H and O–H groups in total. The van der Waals surface area contributed by atoms with Crippen LogP contribution in [-0.4, -0.2) is 31.3 Å². The number of para-hydroxylation sites is 2. The first-order valence-corrected chi connectivity index (χ1v) is 7.88. The summed E-state index contributed by atoms with van der Waals surface area (Å²) in [5.74, 6) is 0. The van der Waals surface area contributed by atoms with Crippen molar-refractivity contribution >= 4 is 21.4 Å². The van der Waals surface area contributed by atoms with E-state index < -0.39 is 10.0 Å². The maximum Gasteiger partial charge on any atom is 0.281 e. The molecule has 1 aromatic carbocycles. The van der Waals surface area contributed by atoms with Gasteiger partial charge in [-0.05, 0) is 24.6 Å². The van der Waals surface area contributed by atoms with Crippen molar-refractivity contribution < 1.29 is 8.42 Å². The van der Waals surface area contributed by atoms with Crippen LogP contribution in [0.2, 0.25) is 0 Å². The minimum Gasteiger partial charge on any atom is -0.383 e. The Morgan fingerprint density at radius 1 is 1.25 bits per heavy atom. The van der Waals surface area contributed by atoms with Crippen LogP contribution in [-0.2, 0) is 17.1 Å². The van der Waals surface area contributed by atoms with E-state index in [1.807, 2.05) is 24.3 Å². The quantitative estimate of drug-likeness (QED) is 0.909. The van der Waals surface area contributed by atoms with Crippen LogP contribution in [0, 0.1) is 0 Å². The van der Waals surface area contributed by atoms with E-state index in [9.17, 15) is 8.42 Å². The lowest BCUT2D eigenvalue weighted by molar-refractivity contribution is 0.571. The van der Waals surface area contributed by atoms with Crippen LogP contribution in [0.1, 0.15) is 6.42 Å². The normalized spacial score (nSPS) is 15.3. The molecule has 0 fully saturated rings. The largest absolute Gasteiger partial charge is 0.383 e. The molecule has 0 amide bonds. The number of nitrogens with one attached hydrogen (secondary N) is 1. The smallest absolute Gasteiger partial charge is 0.281 e. The molecule has 0 radical (unpaired) electrons. The molecule has 6 nitrogen and oxygen atoms in total. The van der Waals surface area contributed by atoms with Gasteiger partial charge in [-0.25, -0.2) is 0 Å². The van der Waals surface area contributed by atoms with Crippen LogP contribution in [0.15, 0.2) is 41.6 Å². The topological polar surface area (TPSA) is 67.2 Å². The summed E-state index contributed by atoms with van der Waals surface area (Å²) in [5, 5.41) is 7.41. The van der Waals surface area contributed by atoms with Crippen LogP contribution in [0.25, 0.3) is 0 Å². The molecular formula is C13H16N4O2S. The predicted octanol–water partition coefficient (Wildman–Crippen LogP) is 1.43. The molecule has 0 aliphatic carbocycles. The second-order valence-corrected chi connectivity index (χ2v) is 6.48. The highest BCUT2D eigenvalue weighted by molar-refractivity contribution is 7.92. The molecule has 0 spiro atoms. The fraction of sp³-hybridized carbons (Fsp3) is 0.308. The number of sulfonamides is 1. The summed E-state index contributed by atoms with van der Waals surface area (Å²) < 4.78 is 28.5. The van der Waals surface area contributed by atoms with Crippen LogP contribution in [0.5, 0.6) is 0 Å². The molecule has 106 valence electrons. The van der Waals surface area contributed by atoms with E-state index in [1.54, 1.807) is 7.05 Å². The second-order valence-electron chi connectivity index (χ2n) is 4.67. The van der Waals surface area contributed by atoms with Gasteiger partial charge in [0.2, 0.25) is 0 Å². The van der Waals surface area contributed by atoms with Gasteiger partial charge >= 0.3 is 0 Å². The van der Waals surface area contributed by atoms with Crippen molar-refractivity contribution in [2.45, 2.75) is 11.4 Å². The molecule has 1 aliphatic heterocycles. The predicted molar refractivity (Wildman–Crippen MR) is 77.3 cm³/mol. The zero-order valence-electron chi connectivity index (χ0n) is 11.2. The molecule has 0 bridgehead atoms. The molecule has 2 aromatic rings. The highest BCUT2D eigenvalue weighted by Gasteiger charge is 2.29. The summed E-state index contributed by atoms with van der Waals surface area (Å²) in [5.41, 5.74) is 1.53. The van der Waals surface area contributed by atoms with E-state index in [-0.39, 0.29) is 5.03 Å². The number of aromatic nitrogens is 2. The Kier molecular flexibility index (Phi) is 3.13. The van der Waals surface area contributed by atoms with Crippen molar-refractivity contribution in [3.63, 3.8) is 0 Å². The van der Waals surface area contributed by atoms with Gasteiger partial charge in [0, 0.05) is 20.1 Å². The van der Waals surface area contributed by atoms with Crippen molar-refractivity contribution in [1.82, 2.24) is 9.78 Å². The number of rotatable bonds is 2.